The van der Waals surface area contributed by atoms with E-state index in [-0.39, 0.29) is 16.6 Å². The number of pyridine rings is 2. The summed E-state index contributed by atoms with van der Waals surface area (Å²) in [6.07, 6.45) is 2.49. The third-order valence-electron chi connectivity index (χ3n) is 2.10. The van der Waals surface area contributed by atoms with Crippen LogP contribution in [0, 0.1) is 10.1 Å². The number of hydrogen-bond donors (Lipinski definition) is 2. The van der Waals surface area contributed by atoms with Crippen LogP contribution in [0.4, 0.5) is 11.4 Å². The number of aromatic nitrogens is 2. The van der Waals surface area contributed by atoms with Crippen LogP contribution >= 0.6 is 21.6 Å². The highest BCUT2D eigenvalue weighted by atomic mass is 33.1. The Bertz CT molecular complexity index is 591. The van der Waals surface area contributed by atoms with Gasteiger partial charge in [0.1, 0.15) is 21.9 Å². The molecule has 0 saturated heterocycles. The number of nitro groups is 1. The van der Waals surface area contributed by atoms with Crippen molar-refractivity contribution in [2.24, 2.45) is 0 Å². The fourth-order valence-corrected chi connectivity index (χ4v) is 2.87. The van der Waals surface area contributed by atoms with Crippen LogP contribution in [0.3, 0.4) is 0 Å². The molecule has 0 aromatic carbocycles. The third kappa shape index (κ3) is 3.81. The zero-order valence-corrected chi connectivity index (χ0v) is 11.4. The van der Waals surface area contributed by atoms with Gasteiger partial charge in [0, 0.05) is 6.07 Å². The van der Waals surface area contributed by atoms with Gasteiger partial charge in [-0.15, -0.1) is 5.23 Å². The summed E-state index contributed by atoms with van der Waals surface area (Å²) in [5.74, 6) is 0. The molecule has 20 heavy (non-hydrogen) atoms. The van der Waals surface area contributed by atoms with Gasteiger partial charge in [0.25, 0.3) is 5.69 Å². The van der Waals surface area contributed by atoms with E-state index < -0.39 is 4.92 Å². The molecule has 0 aliphatic carbocycles. The van der Waals surface area contributed by atoms with E-state index in [4.69, 9.17) is 10.4 Å². The van der Waals surface area contributed by atoms with E-state index in [2.05, 4.69) is 9.97 Å². The first-order chi connectivity index (χ1) is 9.56. The van der Waals surface area contributed by atoms with Crippen LogP contribution in [0.5, 0.6) is 0 Å². The summed E-state index contributed by atoms with van der Waals surface area (Å²) in [6.45, 7) is 0. The molecule has 0 aliphatic heterocycles. The van der Waals surface area contributed by atoms with Crippen LogP contribution in [-0.2, 0) is 0 Å². The lowest BCUT2D eigenvalue weighted by Crippen LogP contribution is -2.10. The molecule has 0 aliphatic rings. The van der Waals surface area contributed by atoms with E-state index in [0.717, 1.165) is 0 Å². The summed E-state index contributed by atoms with van der Waals surface area (Å²) in [7, 11) is 2.59. The highest BCUT2D eigenvalue weighted by molar-refractivity contribution is 8.76. The standard InChI is InChI=1S/C10H8N4O4S2/c15-13(16)7-1-3-9(11-5-7)19-20-10-4-2-8(6-12-10)14(17)18/h1-6,15-16H. The smallest absolute Gasteiger partial charge is 0.264 e. The Morgan fingerprint density at radius 3 is 2.05 bits per heavy atom. The Morgan fingerprint density at radius 1 is 1.05 bits per heavy atom. The Labute approximate surface area is 120 Å². The molecule has 104 valence electrons. The highest BCUT2D eigenvalue weighted by Crippen LogP contribution is 2.35. The molecular weight excluding hydrogens is 304 g/mol. The fraction of sp³-hybridized carbons (Fsp3) is 0. The van der Waals surface area contributed by atoms with Crippen molar-refractivity contribution in [3.8, 4) is 0 Å². The van der Waals surface area contributed by atoms with Gasteiger partial charge in [-0.2, -0.15) is 0 Å². The van der Waals surface area contributed by atoms with Crippen molar-refractivity contribution in [1.29, 1.82) is 0 Å². The molecule has 0 atom stereocenters. The number of rotatable bonds is 5. The largest absolute Gasteiger partial charge is 0.287 e. The maximum absolute atomic E-state index is 10.5. The molecule has 2 N–H and O–H groups in total. The number of hydrogen-bond acceptors (Lipinski definition) is 9. The van der Waals surface area contributed by atoms with Gasteiger partial charge in [-0.25, -0.2) is 9.97 Å². The van der Waals surface area contributed by atoms with E-state index in [1.807, 2.05) is 0 Å². The second-order valence-electron chi connectivity index (χ2n) is 3.42. The molecular formula is C10H8N4O4S2. The average molecular weight is 312 g/mol. The van der Waals surface area contributed by atoms with Crippen LogP contribution in [0.1, 0.15) is 0 Å². The van der Waals surface area contributed by atoms with Gasteiger partial charge in [0.15, 0.2) is 0 Å². The Kier molecular flexibility index (Phi) is 4.74. The van der Waals surface area contributed by atoms with Gasteiger partial charge in [-0.3, -0.25) is 20.5 Å². The second kappa shape index (κ2) is 6.52. The molecule has 0 amide bonds. The van der Waals surface area contributed by atoms with Crippen LogP contribution in [0.15, 0.2) is 46.7 Å². The molecule has 0 spiro atoms. The van der Waals surface area contributed by atoms with Gasteiger partial charge < -0.3 is 0 Å². The van der Waals surface area contributed by atoms with Crippen molar-refractivity contribution in [1.82, 2.24) is 9.97 Å². The molecule has 0 bridgehead atoms. The average Bonchev–Trinajstić information content (AvgIpc) is 2.46. The van der Waals surface area contributed by atoms with Gasteiger partial charge >= 0.3 is 0 Å². The predicted octanol–water partition coefficient (Wildman–Crippen LogP) is 2.77. The van der Waals surface area contributed by atoms with Crippen molar-refractivity contribution >= 4 is 33.0 Å². The van der Waals surface area contributed by atoms with Gasteiger partial charge in [0.05, 0.1) is 11.1 Å². The zero-order valence-electron chi connectivity index (χ0n) is 9.78. The molecule has 2 rings (SSSR count). The second-order valence-corrected chi connectivity index (χ2v) is 5.59. The van der Waals surface area contributed by atoms with E-state index in [1.165, 1.54) is 46.1 Å². The van der Waals surface area contributed by atoms with Gasteiger partial charge in [0.2, 0.25) is 0 Å². The molecule has 10 heteroatoms. The van der Waals surface area contributed by atoms with E-state index >= 15 is 0 Å². The van der Waals surface area contributed by atoms with Crippen LogP contribution in [0.2, 0.25) is 0 Å². The van der Waals surface area contributed by atoms with E-state index in [9.17, 15) is 10.1 Å². The minimum absolute atomic E-state index is 0.0214. The summed E-state index contributed by atoms with van der Waals surface area (Å²) in [6, 6.07) is 6.02. The topological polar surface area (TPSA) is 113 Å². The maximum Gasteiger partial charge on any atom is 0.287 e. The first-order valence-corrected chi connectivity index (χ1v) is 7.30. The van der Waals surface area contributed by atoms with Gasteiger partial charge in [-0.1, -0.05) is 0 Å². The number of anilines is 1. The van der Waals surface area contributed by atoms with Crippen LogP contribution in [0.25, 0.3) is 0 Å². The molecule has 8 nitrogen and oxygen atoms in total. The molecule has 2 heterocycles. The Balaban J connectivity index is 1.96. The SMILES string of the molecule is O=[N+]([O-])c1ccc(SSc2ccc(N(O)O)cn2)nc1. The van der Waals surface area contributed by atoms with Gasteiger partial charge in [-0.05, 0) is 39.8 Å². The summed E-state index contributed by atoms with van der Waals surface area (Å²) < 4.78 is 0. The quantitative estimate of drug-likeness (QED) is 0.488. The molecule has 0 saturated carbocycles. The molecule has 0 radical (unpaired) electrons. The van der Waals surface area contributed by atoms with Crippen molar-refractivity contribution < 1.29 is 15.3 Å². The Hall–Kier alpha value is -1.88. The third-order valence-corrected chi connectivity index (χ3v) is 4.28. The van der Waals surface area contributed by atoms with Crippen molar-refractivity contribution in [3.63, 3.8) is 0 Å². The summed E-state index contributed by atoms with van der Waals surface area (Å²) in [5.41, 5.74) is 0.0839. The van der Waals surface area contributed by atoms with Crippen LogP contribution < -0.4 is 5.23 Å². The molecule has 2 aromatic heterocycles. The number of nitrogens with zero attached hydrogens (tertiary/aromatic N) is 4. The molecule has 0 unspecified atom stereocenters. The maximum atomic E-state index is 10.5. The monoisotopic (exact) mass is 312 g/mol. The van der Waals surface area contributed by atoms with E-state index in [1.54, 1.807) is 12.1 Å². The minimum atomic E-state index is -0.510. The lowest BCUT2D eigenvalue weighted by atomic mass is 10.4. The minimum Gasteiger partial charge on any atom is -0.264 e. The molecule has 0 fully saturated rings. The highest BCUT2D eigenvalue weighted by Gasteiger charge is 2.07. The van der Waals surface area contributed by atoms with Crippen molar-refractivity contribution in [3.05, 3.63) is 46.8 Å². The summed E-state index contributed by atoms with van der Waals surface area (Å²) >= 11 is 0. The first-order valence-electron chi connectivity index (χ1n) is 5.15. The lowest BCUT2D eigenvalue weighted by Gasteiger charge is -2.07. The first kappa shape index (κ1) is 14.5. The normalized spacial score (nSPS) is 10.3. The van der Waals surface area contributed by atoms with Crippen molar-refractivity contribution in [2.45, 2.75) is 10.1 Å². The zero-order chi connectivity index (χ0) is 14.5. The molecule has 2 aromatic rings. The van der Waals surface area contributed by atoms with E-state index in [0.29, 0.717) is 10.1 Å². The fourth-order valence-electron chi connectivity index (χ4n) is 1.16. The Morgan fingerprint density at radius 2 is 1.65 bits per heavy atom. The van der Waals surface area contributed by atoms with Crippen molar-refractivity contribution in [2.75, 3.05) is 5.23 Å². The summed E-state index contributed by atoms with van der Waals surface area (Å²) in [5, 5.41) is 29.2. The lowest BCUT2D eigenvalue weighted by molar-refractivity contribution is -0.385. The van der Waals surface area contributed by atoms with Crippen LogP contribution in [-0.4, -0.2) is 25.3 Å². The predicted molar refractivity (Wildman–Crippen MR) is 72.9 cm³/mol. The summed E-state index contributed by atoms with van der Waals surface area (Å²) in [4.78, 5) is 17.9.